The average molecular weight is 297 g/mol. The van der Waals surface area contributed by atoms with Gasteiger partial charge in [-0.3, -0.25) is 11.3 Å². The molecular weight excluding hydrogens is 268 g/mol. The second-order valence-electron chi connectivity index (χ2n) is 5.63. The van der Waals surface area contributed by atoms with E-state index in [2.05, 4.69) is 25.3 Å². The summed E-state index contributed by atoms with van der Waals surface area (Å²) in [5.74, 6) is 5.71. The van der Waals surface area contributed by atoms with Gasteiger partial charge >= 0.3 is 0 Å². The Morgan fingerprint density at radius 3 is 2.40 bits per heavy atom. The highest BCUT2D eigenvalue weighted by Crippen LogP contribution is 2.25. The van der Waals surface area contributed by atoms with Gasteiger partial charge in [-0.25, -0.2) is 0 Å². The van der Waals surface area contributed by atoms with Gasteiger partial charge < -0.3 is 0 Å². The second kappa shape index (κ2) is 10.2. The number of nitrogens with two attached hydrogens (primary N) is 1. The Labute approximate surface area is 129 Å². The third kappa shape index (κ3) is 6.25. The van der Waals surface area contributed by atoms with Crippen LogP contribution in [0, 0.1) is 6.92 Å². The fourth-order valence-corrected chi connectivity index (χ4v) is 2.80. The van der Waals surface area contributed by atoms with Crippen molar-refractivity contribution in [2.45, 2.75) is 71.3 Å². The van der Waals surface area contributed by atoms with Crippen LogP contribution in [0.25, 0.3) is 0 Å². The number of rotatable bonds is 10. The lowest BCUT2D eigenvalue weighted by atomic mass is 9.96. The predicted molar refractivity (Wildman–Crippen MR) is 88.9 cm³/mol. The zero-order valence-corrected chi connectivity index (χ0v) is 13.7. The predicted octanol–water partition coefficient (Wildman–Crippen LogP) is 5.29. The number of hydrogen-bond acceptors (Lipinski definition) is 2. The van der Waals surface area contributed by atoms with Crippen molar-refractivity contribution in [2.24, 2.45) is 5.84 Å². The molecule has 3 N–H and O–H groups in total. The van der Waals surface area contributed by atoms with Crippen molar-refractivity contribution >= 4 is 11.6 Å². The highest BCUT2D eigenvalue weighted by molar-refractivity contribution is 6.30. The third-order valence-corrected chi connectivity index (χ3v) is 4.15. The van der Waals surface area contributed by atoms with Gasteiger partial charge in [0.2, 0.25) is 0 Å². The van der Waals surface area contributed by atoms with E-state index in [1.54, 1.807) is 0 Å². The van der Waals surface area contributed by atoms with Gasteiger partial charge in [0.1, 0.15) is 0 Å². The molecule has 0 bridgehead atoms. The van der Waals surface area contributed by atoms with Crippen LogP contribution >= 0.6 is 11.6 Å². The number of benzene rings is 1. The van der Waals surface area contributed by atoms with E-state index in [9.17, 15) is 0 Å². The summed E-state index contributed by atoms with van der Waals surface area (Å²) in [7, 11) is 0. The molecule has 0 aliphatic carbocycles. The molecule has 0 radical (unpaired) electrons. The van der Waals surface area contributed by atoms with E-state index in [1.165, 1.54) is 56.1 Å². The van der Waals surface area contributed by atoms with Gasteiger partial charge in [-0.2, -0.15) is 0 Å². The van der Waals surface area contributed by atoms with E-state index >= 15 is 0 Å². The minimum atomic E-state index is 0.212. The van der Waals surface area contributed by atoms with Crippen molar-refractivity contribution in [1.29, 1.82) is 0 Å². The first kappa shape index (κ1) is 17.5. The molecule has 0 fully saturated rings. The Balaban J connectivity index is 2.34. The van der Waals surface area contributed by atoms with E-state index < -0.39 is 0 Å². The summed E-state index contributed by atoms with van der Waals surface area (Å²) in [5.41, 5.74) is 5.42. The van der Waals surface area contributed by atoms with Crippen LogP contribution in [0.1, 0.15) is 75.5 Å². The summed E-state index contributed by atoms with van der Waals surface area (Å²) in [6, 6.07) is 6.24. The van der Waals surface area contributed by atoms with Crippen molar-refractivity contribution in [3.05, 3.63) is 34.3 Å². The van der Waals surface area contributed by atoms with Crippen LogP contribution in [0.2, 0.25) is 5.02 Å². The Morgan fingerprint density at radius 1 is 1.10 bits per heavy atom. The number of hydrazine groups is 1. The maximum Gasteiger partial charge on any atom is 0.0463 e. The second-order valence-corrected chi connectivity index (χ2v) is 6.07. The van der Waals surface area contributed by atoms with Gasteiger partial charge in [-0.15, -0.1) is 0 Å². The van der Waals surface area contributed by atoms with Gasteiger partial charge in [0.25, 0.3) is 0 Å². The van der Waals surface area contributed by atoms with Crippen molar-refractivity contribution in [3.8, 4) is 0 Å². The van der Waals surface area contributed by atoms with Crippen LogP contribution in [-0.4, -0.2) is 0 Å². The van der Waals surface area contributed by atoms with Gasteiger partial charge in [0, 0.05) is 11.1 Å². The van der Waals surface area contributed by atoms with Gasteiger partial charge in [-0.05, 0) is 36.6 Å². The van der Waals surface area contributed by atoms with E-state index in [4.69, 9.17) is 17.4 Å². The Bertz CT molecular complexity index is 379. The molecule has 20 heavy (non-hydrogen) atoms. The number of halogens is 1. The fraction of sp³-hybridized carbons (Fsp3) is 0.647. The third-order valence-electron chi connectivity index (χ3n) is 3.91. The molecule has 1 aromatic carbocycles. The van der Waals surface area contributed by atoms with E-state index in [0.29, 0.717) is 0 Å². The molecule has 1 aromatic rings. The van der Waals surface area contributed by atoms with Crippen molar-refractivity contribution in [2.75, 3.05) is 0 Å². The molecule has 0 aromatic heterocycles. The first-order chi connectivity index (χ1) is 9.69. The molecule has 0 heterocycles. The highest BCUT2D eigenvalue weighted by Gasteiger charge is 2.12. The molecule has 0 saturated heterocycles. The molecule has 1 atom stereocenters. The molecule has 0 spiro atoms. The van der Waals surface area contributed by atoms with Crippen LogP contribution in [0.5, 0.6) is 0 Å². The molecule has 2 nitrogen and oxygen atoms in total. The average Bonchev–Trinajstić information content (AvgIpc) is 2.45. The molecule has 1 rings (SSSR count). The van der Waals surface area contributed by atoms with Crippen LogP contribution in [-0.2, 0) is 0 Å². The SMILES string of the molecule is CCCCCCCCCC(NN)c1cc(Cl)ccc1C. The zero-order valence-electron chi connectivity index (χ0n) is 12.9. The van der Waals surface area contributed by atoms with Crippen LogP contribution < -0.4 is 11.3 Å². The molecule has 0 aliphatic rings. The molecule has 3 heteroatoms. The topological polar surface area (TPSA) is 38.0 Å². The summed E-state index contributed by atoms with van der Waals surface area (Å²) in [4.78, 5) is 0. The lowest BCUT2D eigenvalue weighted by Gasteiger charge is -2.19. The first-order valence-corrected chi connectivity index (χ1v) is 8.29. The van der Waals surface area contributed by atoms with E-state index in [-0.39, 0.29) is 6.04 Å². The van der Waals surface area contributed by atoms with Crippen LogP contribution in [0.4, 0.5) is 0 Å². The maximum absolute atomic E-state index is 6.08. The largest absolute Gasteiger partial charge is 0.271 e. The normalized spacial score (nSPS) is 12.6. The van der Waals surface area contributed by atoms with E-state index in [1.807, 2.05) is 12.1 Å². The monoisotopic (exact) mass is 296 g/mol. The Morgan fingerprint density at radius 2 is 1.75 bits per heavy atom. The molecule has 0 amide bonds. The summed E-state index contributed by atoms with van der Waals surface area (Å²) in [5, 5.41) is 0.783. The van der Waals surface area contributed by atoms with Gasteiger partial charge in [0.05, 0.1) is 0 Å². The Hall–Kier alpha value is -0.570. The summed E-state index contributed by atoms with van der Waals surface area (Å²) in [6.07, 6.45) is 10.3. The summed E-state index contributed by atoms with van der Waals surface area (Å²) in [6.45, 7) is 4.37. The molecular formula is C17H29ClN2. The summed E-state index contributed by atoms with van der Waals surface area (Å²) < 4.78 is 0. The van der Waals surface area contributed by atoms with E-state index in [0.717, 1.165) is 11.4 Å². The standard InChI is InChI=1S/C17H29ClN2/c1-3-4-5-6-7-8-9-10-17(20-19)16-13-15(18)12-11-14(16)2/h11-13,17,20H,3-10,19H2,1-2H3. The summed E-state index contributed by atoms with van der Waals surface area (Å²) >= 11 is 6.08. The number of aryl methyl sites for hydroxylation is 1. The first-order valence-electron chi connectivity index (χ1n) is 7.91. The molecule has 1 unspecified atom stereocenters. The zero-order chi connectivity index (χ0) is 14.8. The molecule has 114 valence electrons. The fourth-order valence-electron chi connectivity index (χ4n) is 2.62. The van der Waals surface area contributed by atoms with Crippen LogP contribution in [0.3, 0.4) is 0 Å². The lowest BCUT2D eigenvalue weighted by molar-refractivity contribution is 0.474. The smallest absolute Gasteiger partial charge is 0.0463 e. The van der Waals surface area contributed by atoms with Gasteiger partial charge in [-0.1, -0.05) is 69.5 Å². The Kier molecular flexibility index (Phi) is 8.92. The van der Waals surface area contributed by atoms with Crippen LogP contribution in [0.15, 0.2) is 18.2 Å². The number of hydrogen-bond donors (Lipinski definition) is 2. The number of nitrogens with one attached hydrogen (secondary N) is 1. The van der Waals surface area contributed by atoms with Gasteiger partial charge in [0.15, 0.2) is 0 Å². The maximum atomic E-state index is 6.08. The number of unbranched alkanes of at least 4 members (excludes halogenated alkanes) is 6. The van der Waals surface area contributed by atoms with Crippen molar-refractivity contribution in [1.82, 2.24) is 5.43 Å². The van der Waals surface area contributed by atoms with Crippen molar-refractivity contribution < 1.29 is 0 Å². The quantitative estimate of drug-likeness (QED) is 0.349. The van der Waals surface area contributed by atoms with Crippen molar-refractivity contribution in [3.63, 3.8) is 0 Å². The minimum absolute atomic E-state index is 0.212. The highest BCUT2D eigenvalue weighted by atomic mass is 35.5. The molecule has 0 saturated carbocycles. The minimum Gasteiger partial charge on any atom is -0.271 e. The molecule has 0 aliphatic heterocycles. The lowest BCUT2D eigenvalue weighted by Crippen LogP contribution is -2.28.